The van der Waals surface area contributed by atoms with Crippen LogP contribution in [0.25, 0.3) is 0 Å². The first-order chi connectivity index (χ1) is 18.0. The minimum atomic E-state index is -1.50. The molecular weight excluding hydrogens is 595 g/mol. The van der Waals surface area contributed by atoms with Gasteiger partial charge in [0.15, 0.2) is 12.4 Å². The van der Waals surface area contributed by atoms with Gasteiger partial charge in [0, 0.05) is 35.0 Å². The van der Waals surface area contributed by atoms with E-state index in [1.54, 1.807) is 36.7 Å². The Labute approximate surface area is 240 Å². The number of β-lactam (4-membered cyclic amide) rings is 1. The molecule has 0 radical (unpaired) electrons. The lowest BCUT2D eigenvalue weighted by molar-refractivity contribution is -0.684. The van der Waals surface area contributed by atoms with Gasteiger partial charge in [0.05, 0.1) is 4.99 Å². The van der Waals surface area contributed by atoms with E-state index in [1.807, 2.05) is 0 Å². The van der Waals surface area contributed by atoms with Crippen LogP contribution >= 0.6 is 58.9 Å². The lowest BCUT2D eigenvalue weighted by Gasteiger charge is -2.49. The minimum absolute atomic E-state index is 0.0269. The molecule has 0 saturated carbocycles. The zero-order valence-corrected chi connectivity index (χ0v) is 23.3. The number of hydrogen-bond donors (Lipinski definition) is 3. The van der Waals surface area contributed by atoms with Crippen LogP contribution in [0.5, 0.6) is 0 Å². The molecule has 15 heteroatoms. The van der Waals surface area contributed by atoms with Gasteiger partial charge in [-0.1, -0.05) is 35.4 Å². The number of hydrogen-bond acceptors (Lipinski definition) is 8. The van der Waals surface area contributed by atoms with Crippen LogP contribution in [0.2, 0.25) is 10.3 Å². The highest BCUT2D eigenvalue weighted by atomic mass is 35.5. The summed E-state index contributed by atoms with van der Waals surface area (Å²) in [6, 6.07) is 6.02. The van der Waals surface area contributed by atoms with Gasteiger partial charge in [-0.15, -0.1) is 23.5 Å². The largest absolute Gasteiger partial charge is 0.477 e. The van der Waals surface area contributed by atoms with Crippen molar-refractivity contribution in [1.82, 2.24) is 15.2 Å². The van der Waals surface area contributed by atoms with Gasteiger partial charge in [0.1, 0.15) is 27.4 Å². The number of pyridine rings is 2. The van der Waals surface area contributed by atoms with Crippen molar-refractivity contribution in [3.05, 3.63) is 63.8 Å². The molecular formula is C23H19Cl2N4O6S3+. The fourth-order valence-corrected chi connectivity index (χ4v) is 7.04. The van der Waals surface area contributed by atoms with Gasteiger partial charge >= 0.3 is 17.7 Å². The summed E-state index contributed by atoms with van der Waals surface area (Å²) in [7, 11) is 0. The maximum Gasteiger partial charge on any atom is 0.379 e. The van der Waals surface area contributed by atoms with Crippen molar-refractivity contribution >= 4 is 87.6 Å². The van der Waals surface area contributed by atoms with Crippen LogP contribution in [0.4, 0.5) is 0 Å². The summed E-state index contributed by atoms with van der Waals surface area (Å²) in [5.74, 6) is -3.23. The fraction of sp³-hybridized carbons (Fsp3) is 0.261. The molecule has 0 unspecified atom stereocenters. The third-order valence-electron chi connectivity index (χ3n) is 5.59. The van der Waals surface area contributed by atoms with E-state index < -0.39 is 29.1 Å². The minimum Gasteiger partial charge on any atom is -0.477 e. The topological polar surface area (TPSA) is 141 Å². The Morgan fingerprint density at radius 2 is 1.87 bits per heavy atom. The highest BCUT2D eigenvalue weighted by Gasteiger charge is 2.53. The normalized spacial score (nSPS) is 18.5. The molecule has 38 heavy (non-hydrogen) atoms. The number of Topliss-reactive ketones (excluding diaryl/α,β-unsaturated/α-hetero) is 1. The third-order valence-corrected chi connectivity index (χ3v) is 8.68. The maximum atomic E-state index is 13.0. The van der Waals surface area contributed by atoms with Crippen molar-refractivity contribution in [3.63, 3.8) is 0 Å². The van der Waals surface area contributed by atoms with Crippen molar-refractivity contribution in [1.29, 1.82) is 0 Å². The zero-order valence-electron chi connectivity index (χ0n) is 19.3. The molecule has 4 heterocycles. The fourth-order valence-electron chi connectivity index (χ4n) is 3.87. The van der Waals surface area contributed by atoms with Crippen LogP contribution in [-0.2, 0) is 32.1 Å². The predicted molar refractivity (Wildman–Crippen MR) is 145 cm³/mol. The summed E-state index contributed by atoms with van der Waals surface area (Å²) in [4.78, 5) is 53.5. The van der Waals surface area contributed by atoms with Gasteiger partial charge in [0.25, 0.3) is 5.91 Å². The summed E-state index contributed by atoms with van der Waals surface area (Å²) in [5.41, 5.74) is 1.32. The summed E-state index contributed by atoms with van der Waals surface area (Å²) in [6.45, 7) is -0.285. The van der Waals surface area contributed by atoms with Gasteiger partial charge < -0.3 is 15.5 Å². The number of carbonyl (C=O) groups excluding carboxylic acids is 2. The highest BCUT2D eigenvalue weighted by Crippen LogP contribution is 2.41. The molecule has 0 spiro atoms. The van der Waals surface area contributed by atoms with Crippen LogP contribution < -0.4 is 9.88 Å². The Morgan fingerprint density at radius 3 is 2.47 bits per heavy atom. The van der Waals surface area contributed by atoms with E-state index in [1.165, 1.54) is 33.0 Å². The molecule has 2 aliphatic heterocycles. The van der Waals surface area contributed by atoms with Crippen molar-refractivity contribution in [3.8, 4) is 0 Å². The summed E-state index contributed by atoms with van der Waals surface area (Å²) in [6.07, 6.45) is 3.45. The third kappa shape index (κ3) is 6.46. The molecule has 2 aromatic rings. The molecule has 3 N–H and O–H groups in total. The molecule has 4 rings (SSSR count). The standard InChI is InChI=1S/C23H18Cl2N4O6S3/c24-15-5-11(6-16(25)26-15)7-17(36)27-18-20(31)29-19(23(34)35)12(10-38-21(18)29)9-37-13-1-3-28(4-2-13)8-14(30)22(32)33/h1-6,18,21H,7-10H2,(H2-,27,32,33,34,35,36)/p+1/t18-,21-/m1/s1. The van der Waals surface area contributed by atoms with Crippen LogP contribution in [0.3, 0.4) is 0 Å². The number of thiocarbonyl (C=S) groups is 1. The average molecular weight is 615 g/mol. The number of thioether (sulfide) groups is 2. The van der Waals surface area contributed by atoms with Crippen LogP contribution in [0.1, 0.15) is 5.56 Å². The number of rotatable bonds is 10. The monoisotopic (exact) mass is 613 g/mol. The number of carbonyl (C=O) groups is 4. The number of halogens is 2. The highest BCUT2D eigenvalue weighted by molar-refractivity contribution is 8.01. The number of fused-ring (bicyclic) bond motifs is 1. The summed E-state index contributed by atoms with van der Waals surface area (Å²) < 4.78 is 1.44. The quantitative estimate of drug-likeness (QED) is 0.0906. The molecule has 1 saturated heterocycles. The Bertz CT molecular complexity index is 1350. The molecule has 0 aliphatic carbocycles. The molecule has 1 amide bonds. The number of carboxylic acid groups (broad SMARTS) is 2. The van der Waals surface area contributed by atoms with E-state index in [4.69, 9.17) is 40.5 Å². The second-order valence-corrected chi connectivity index (χ2v) is 11.7. The second kappa shape index (κ2) is 12.0. The Balaban J connectivity index is 1.39. The van der Waals surface area contributed by atoms with Crippen molar-refractivity contribution in [2.24, 2.45) is 0 Å². The first-order valence-electron chi connectivity index (χ1n) is 10.9. The van der Waals surface area contributed by atoms with E-state index >= 15 is 0 Å². The first kappa shape index (κ1) is 28.3. The first-order valence-corrected chi connectivity index (χ1v) is 14.1. The van der Waals surface area contributed by atoms with Gasteiger partial charge in [-0.3, -0.25) is 14.5 Å². The molecule has 0 aromatic carbocycles. The van der Waals surface area contributed by atoms with E-state index in [2.05, 4.69) is 10.3 Å². The number of nitrogens with one attached hydrogen (secondary N) is 1. The zero-order chi connectivity index (χ0) is 27.6. The second-order valence-electron chi connectivity index (χ2n) is 8.23. The van der Waals surface area contributed by atoms with Crippen LogP contribution in [0, 0.1) is 0 Å². The van der Waals surface area contributed by atoms with Crippen molar-refractivity contribution < 1.29 is 34.0 Å². The molecule has 198 valence electrons. The maximum absolute atomic E-state index is 13.0. The Kier molecular flexibility index (Phi) is 8.93. The van der Waals surface area contributed by atoms with Gasteiger partial charge in [0.2, 0.25) is 6.54 Å². The smallest absolute Gasteiger partial charge is 0.379 e. The number of amides is 1. The van der Waals surface area contributed by atoms with E-state index in [9.17, 15) is 24.3 Å². The van der Waals surface area contributed by atoms with Crippen LogP contribution in [-0.4, -0.2) is 71.6 Å². The van der Waals surface area contributed by atoms with Crippen molar-refractivity contribution in [2.75, 3.05) is 11.5 Å². The Morgan fingerprint density at radius 1 is 1.21 bits per heavy atom. The molecule has 0 bridgehead atoms. The van der Waals surface area contributed by atoms with E-state index in [-0.39, 0.29) is 28.5 Å². The number of nitrogens with zero attached hydrogens (tertiary/aromatic N) is 3. The van der Waals surface area contributed by atoms with E-state index in [0.717, 1.165) is 10.5 Å². The predicted octanol–water partition coefficient (Wildman–Crippen LogP) is 2.20. The molecule has 2 aliphatic rings. The summed E-state index contributed by atoms with van der Waals surface area (Å²) in [5, 5.41) is 21.7. The number of carboxylic acids is 2. The number of aliphatic carboxylic acids is 2. The summed E-state index contributed by atoms with van der Waals surface area (Å²) >= 11 is 20.1. The SMILES string of the molecule is O=C(O)C(=O)C[n+]1ccc(SCC2=C(C(=O)O)N3C(=O)[C@@H](NC(=S)Cc4cc(Cl)nc(Cl)c4)[C@H]3SC2)cc1. The molecule has 2 aromatic heterocycles. The molecule has 10 nitrogen and oxygen atoms in total. The average Bonchev–Trinajstić information content (AvgIpc) is 2.85. The molecule has 2 atom stereocenters. The van der Waals surface area contributed by atoms with E-state index in [0.29, 0.717) is 28.5 Å². The van der Waals surface area contributed by atoms with Gasteiger partial charge in [-0.25, -0.2) is 14.6 Å². The van der Waals surface area contributed by atoms with Crippen molar-refractivity contribution in [2.45, 2.75) is 29.3 Å². The molecule has 1 fully saturated rings. The van der Waals surface area contributed by atoms with Gasteiger partial charge in [-0.2, -0.15) is 4.57 Å². The lowest BCUT2D eigenvalue weighted by atomic mass is 10.0. The van der Waals surface area contributed by atoms with Gasteiger partial charge in [-0.05, 0) is 23.3 Å². The number of ketones is 1. The lowest BCUT2D eigenvalue weighted by Crippen LogP contribution is -2.70. The number of aromatic nitrogens is 2. The Hall–Kier alpha value is -2.71. The van der Waals surface area contributed by atoms with Crippen LogP contribution in [0.15, 0.2) is 52.8 Å².